The molecule has 9 heteroatoms. The Morgan fingerprint density at radius 2 is 1.78 bits per heavy atom. The summed E-state index contributed by atoms with van der Waals surface area (Å²) in [5.74, 6) is -1.05. The van der Waals surface area contributed by atoms with Crippen LogP contribution < -0.4 is 11.1 Å². The molecule has 0 aliphatic heterocycles. The summed E-state index contributed by atoms with van der Waals surface area (Å²) in [7, 11) is 0. The van der Waals surface area contributed by atoms with Crippen LogP contribution in [0.25, 0.3) is 11.3 Å². The van der Waals surface area contributed by atoms with Gasteiger partial charge in [0.1, 0.15) is 0 Å². The number of carboxylic acid groups (broad SMARTS) is 1. The Balaban J connectivity index is 1.90. The van der Waals surface area contributed by atoms with E-state index in [0.29, 0.717) is 22.6 Å². The number of carbonyl (C=O) groups is 1. The smallest absolute Gasteiger partial charge is 0.416 e. The van der Waals surface area contributed by atoms with Gasteiger partial charge in [-0.25, -0.2) is 14.8 Å². The average Bonchev–Trinajstić information content (AvgIpc) is 2.61. The molecule has 0 saturated carbocycles. The van der Waals surface area contributed by atoms with Gasteiger partial charge >= 0.3 is 12.1 Å². The number of nitrogen functional groups attached to an aromatic ring is 1. The van der Waals surface area contributed by atoms with E-state index in [1.165, 1.54) is 36.5 Å². The van der Waals surface area contributed by atoms with Crippen molar-refractivity contribution in [1.29, 1.82) is 0 Å². The average molecular weight is 374 g/mol. The fraction of sp³-hybridized carbons (Fsp3) is 0.0556. The first-order chi connectivity index (χ1) is 12.7. The van der Waals surface area contributed by atoms with Gasteiger partial charge in [-0.05, 0) is 48.5 Å². The van der Waals surface area contributed by atoms with Crippen LogP contribution in [0.1, 0.15) is 15.9 Å². The maximum Gasteiger partial charge on any atom is 0.416 e. The third kappa shape index (κ3) is 4.14. The predicted octanol–water partition coefficient (Wildman–Crippen LogP) is 4.19. The number of hydrogen-bond donors (Lipinski definition) is 3. The molecule has 2 aromatic carbocycles. The van der Waals surface area contributed by atoms with Crippen LogP contribution in [-0.2, 0) is 6.18 Å². The molecule has 0 bridgehead atoms. The molecule has 0 aliphatic carbocycles. The van der Waals surface area contributed by atoms with Crippen molar-refractivity contribution in [3.05, 3.63) is 65.9 Å². The summed E-state index contributed by atoms with van der Waals surface area (Å²) in [4.78, 5) is 19.7. The van der Waals surface area contributed by atoms with Gasteiger partial charge in [0.25, 0.3) is 0 Å². The van der Waals surface area contributed by atoms with Gasteiger partial charge in [-0.3, -0.25) is 0 Å². The number of anilines is 3. The maximum atomic E-state index is 12.6. The lowest BCUT2D eigenvalue weighted by Gasteiger charge is -2.10. The number of rotatable bonds is 4. The lowest BCUT2D eigenvalue weighted by molar-refractivity contribution is -0.137. The van der Waals surface area contributed by atoms with Crippen molar-refractivity contribution in [2.45, 2.75) is 6.18 Å². The van der Waals surface area contributed by atoms with Gasteiger partial charge in [0.05, 0.1) is 16.8 Å². The molecule has 3 aromatic rings. The number of halogens is 3. The normalized spacial score (nSPS) is 11.2. The molecule has 0 unspecified atom stereocenters. The van der Waals surface area contributed by atoms with Gasteiger partial charge in [-0.2, -0.15) is 13.2 Å². The van der Waals surface area contributed by atoms with Crippen LogP contribution in [0.5, 0.6) is 0 Å². The van der Waals surface area contributed by atoms with Crippen molar-refractivity contribution >= 4 is 23.3 Å². The van der Waals surface area contributed by atoms with E-state index in [-0.39, 0.29) is 11.5 Å². The molecule has 6 nitrogen and oxygen atoms in total. The Hall–Kier alpha value is -3.62. The molecule has 138 valence electrons. The Morgan fingerprint density at radius 3 is 2.41 bits per heavy atom. The highest BCUT2D eigenvalue weighted by Crippen LogP contribution is 2.30. The topological polar surface area (TPSA) is 101 Å². The molecule has 0 radical (unpaired) electrons. The molecule has 4 N–H and O–H groups in total. The minimum Gasteiger partial charge on any atom is -0.478 e. The number of alkyl halides is 3. The summed E-state index contributed by atoms with van der Waals surface area (Å²) in [5, 5.41) is 12.1. The highest BCUT2D eigenvalue weighted by atomic mass is 19.4. The summed E-state index contributed by atoms with van der Waals surface area (Å²) >= 11 is 0. The molecular formula is C18H13F3N4O2. The zero-order chi connectivity index (χ0) is 19.6. The van der Waals surface area contributed by atoms with Gasteiger partial charge in [0, 0.05) is 23.1 Å². The van der Waals surface area contributed by atoms with Crippen molar-refractivity contribution < 1.29 is 23.1 Å². The minimum atomic E-state index is -4.42. The van der Waals surface area contributed by atoms with Crippen molar-refractivity contribution in [2.75, 3.05) is 11.1 Å². The Labute approximate surface area is 151 Å². The van der Waals surface area contributed by atoms with Gasteiger partial charge in [0.2, 0.25) is 5.95 Å². The predicted molar refractivity (Wildman–Crippen MR) is 93.6 cm³/mol. The van der Waals surface area contributed by atoms with Gasteiger partial charge in [-0.15, -0.1) is 0 Å². The standard InChI is InChI=1S/C18H13F3N4O2/c19-18(20,21)10-1-4-12(5-2-10)24-17-23-8-7-15(25-17)13-6-3-11(22)9-14(13)16(26)27/h1-9H,22H2,(H,26,27)(H,23,24,25). The Bertz CT molecular complexity index is 989. The van der Waals surface area contributed by atoms with E-state index in [1.54, 1.807) is 6.07 Å². The summed E-state index contributed by atoms with van der Waals surface area (Å²) in [6.07, 6.45) is -3.01. The lowest BCUT2D eigenvalue weighted by atomic mass is 10.0. The largest absolute Gasteiger partial charge is 0.478 e. The highest BCUT2D eigenvalue weighted by molar-refractivity contribution is 5.96. The Morgan fingerprint density at radius 1 is 1.07 bits per heavy atom. The number of hydrogen-bond acceptors (Lipinski definition) is 5. The third-order valence-corrected chi connectivity index (χ3v) is 3.67. The number of nitrogens with two attached hydrogens (primary N) is 1. The number of aromatic carboxylic acids is 1. The van der Waals surface area contributed by atoms with Crippen LogP contribution in [0.2, 0.25) is 0 Å². The SMILES string of the molecule is Nc1ccc(-c2ccnc(Nc3ccc(C(F)(F)F)cc3)n2)c(C(=O)O)c1. The molecule has 0 atom stereocenters. The molecule has 1 aromatic heterocycles. The second-order valence-electron chi connectivity index (χ2n) is 5.58. The van der Waals surface area contributed by atoms with E-state index in [2.05, 4.69) is 15.3 Å². The molecule has 0 spiro atoms. The van der Waals surface area contributed by atoms with E-state index in [9.17, 15) is 23.1 Å². The van der Waals surface area contributed by atoms with Crippen LogP contribution in [0.3, 0.4) is 0 Å². The fourth-order valence-corrected chi connectivity index (χ4v) is 2.40. The number of nitrogens with zero attached hydrogens (tertiary/aromatic N) is 2. The molecule has 1 heterocycles. The number of nitrogens with one attached hydrogen (secondary N) is 1. The first-order valence-electron chi connectivity index (χ1n) is 7.64. The van der Waals surface area contributed by atoms with Gasteiger partial charge in [0.15, 0.2) is 0 Å². The first kappa shape index (κ1) is 18.2. The molecule has 0 fully saturated rings. The number of benzene rings is 2. The molecule has 27 heavy (non-hydrogen) atoms. The van der Waals surface area contributed by atoms with Gasteiger partial charge in [-0.1, -0.05) is 0 Å². The summed E-state index contributed by atoms with van der Waals surface area (Å²) in [6.45, 7) is 0. The summed E-state index contributed by atoms with van der Waals surface area (Å²) in [6, 6.07) is 10.3. The monoisotopic (exact) mass is 374 g/mol. The molecule has 0 aliphatic rings. The van der Waals surface area contributed by atoms with E-state index >= 15 is 0 Å². The van der Waals surface area contributed by atoms with E-state index in [4.69, 9.17) is 5.73 Å². The third-order valence-electron chi connectivity index (χ3n) is 3.67. The number of carboxylic acids is 1. The van der Waals surface area contributed by atoms with Crippen LogP contribution in [0.4, 0.5) is 30.5 Å². The molecule has 3 rings (SSSR count). The zero-order valence-corrected chi connectivity index (χ0v) is 13.7. The van der Waals surface area contributed by atoms with Crippen molar-refractivity contribution in [2.24, 2.45) is 0 Å². The molecule has 0 amide bonds. The highest BCUT2D eigenvalue weighted by Gasteiger charge is 2.29. The zero-order valence-electron chi connectivity index (χ0n) is 13.7. The van der Waals surface area contributed by atoms with Crippen LogP contribution in [0.15, 0.2) is 54.7 Å². The molecule has 0 saturated heterocycles. The second-order valence-corrected chi connectivity index (χ2v) is 5.58. The van der Waals surface area contributed by atoms with Crippen LogP contribution >= 0.6 is 0 Å². The van der Waals surface area contributed by atoms with Gasteiger partial charge < -0.3 is 16.2 Å². The maximum absolute atomic E-state index is 12.6. The first-order valence-corrected chi connectivity index (χ1v) is 7.64. The van der Waals surface area contributed by atoms with Crippen molar-refractivity contribution in [1.82, 2.24) is 9.97 Å². The van der Waals surface area contributed by atoms with Crippen molar-refractivity contribution in [3.63, 3.8) is 0 Å². The summed E-state index contributed by atoms with van der Waals surface area (Å²) < 4.78 is 37.8. The van der Waals surface area contributed by atoms with E-state index in [0.717, 1.165) is 12.1 Å². The van der Waals surface area contributed by atoms with Crippen LogP contribution in [0, 0.1) is 0 Å². The second kappa shape index (κ2) is 6.94. The summed E-state index contributed by atoms with van der Waals surface area (Å²) in [5.41, 5.74) is 6.17. The minimum absolute atomic E-state index is 0.0193. The van der Waals surface area contributed by atoms with Crippen molar-refractivity contribution in [3.8, 4) is 11.3 Å². The number of aromatic nitrogens is 2. The van der Waals surface area contributed by atoms with E-state index < -0.39 is 17.7 Å². The lowest BCUT2D eigenvalue weighted by Crippen LogP contribution is -2.05. The quantitative estimate of drug-likeness (QED) is 0.592. The van der Waals surface area contributed by atoms with Crippen LogP contribution in [-0.4, -0.2) is 21.0 Å². The Kier molecular flexibility index (Phi) is 4.68. The fourth-order valence-electron chi connectivity index (χ4n) is 2.40. The van der Waals surface area contributed by atoms with E-state index in [1.807, 2.05) is 0 Å². The molecular weight excluding hydrogens is 361 g/mol.